The number of benzene rings is 1. The Morgan fingerprint density at radius 1 is 1.36 bits per heavy atom. The molecule has 0 aliphatic heterocycles. The Balaban J connectivity index is 0.00000242. The van der Waals surface area contributed by atoms with Crippen LogP contribution in [0.4, 0.5) is 5.69 Å². The summed E-state index contributed by atoms with van der Waals surface area (Å²) < 4.78 is 0. The van der Waals surface area contributed by atoms with Crippen LogP contribution in [-0.2, 0) is 11.3 Å². The number of nitrogens with two attached hydrogens (primary N) is 1. The van der Waals surface area contributed by atoms with Gasteiger partial charge in [-0.05, 0) is 12.8 Å². The third kappa shape index (κ3) is 3.56. The van der Waals surface area contributed by atoms with E-state index in [0.29, 0.717) is 12.1 Å². The molecule has 0 saturated heterocycles. The van der Waals surface area contributed by atoms with Crippen LogP contribution in [0, 0.1) is 15.5 Å². The maximum absolute atomic E-state index is 12.7. The number of nitro benzene ring substituents is 1. The smallest absolute Gasteiger partial charge is 0.274 e. The lowest BCUT2D eigenvalue weighted by Gasteiger charge is -2.31. The molecule has 1 amide bonds. The van der Waals surface area contributed by atoms with E-state index in [9.17, 15) is 14.9 Å². The third-order valence-electron chi connectivity index (χ3n) is 4.35. The second kappa shape index (κ2) is 7.56. The highest BCUT2D eigenvalue weighted by Gasteiger charge is 2.41. The van der Waals surface area contributed by atoms with Crippen molar-refractivity contribution in [2.24, 2.45) is 11.1 Å². The number of carbonyl (C=O) groups is 1. The molecule has 0 bridgehead atoms. The molecule has 6 nitrogen and oxygen atoms in total. The summed E-state index contributed by atoms with van der Waals surface area (Å²) in [4.78, 5) is 24.8. The molecule has 1 aromatic rings. The third-order valence-corrected chi connectivity index (χ3v) is 4.35. The predicted octanol–water partition coefficient (Wildman–Crippen LogP) is 2.49. The summed E-state index contributed by atoms with van der Waals surface area (Å²) in [7, 11) is 1.69. The van der Waals surface area contributed by atoms with Gasteiger partial charge in [0, 0.05) is 25.2 Å². The van der Waals surface area contributed by atoms with Crippen LogP contribution in [0.3, 0.4) is 0 Å². The number of carbonyl (C=O) groups excluding carboxylic acids is 1. The van der Waals surface area contributed by atoms with Gasteiger partial charge in [0.1, 0.15) is 0 Å². The van der Waals surface area contributed by atoms with Gasteiger partial charge in [-0.25, -0.2) is 0 Å². The number of nitro groups is 1. The van der Waals surface area contributed by atoms with Crippen LogP contribution in [0.25, 0.3) is 0 Å². The molecule has 2 rings (SSSR count). The minimum Gasteiger partial charge on any atom is -0.341 e. The number of amides is 1. The highest BCUT2D eigenvalue weighted by atomic mass is 35.5. The van der Waals surface area contributed by atoms with Gasteiger partial charge in [0.2, 0.25) is 5.91 Å². The average molecular weight is 328 g/mol. The van der Waals surface area contributed by atoms with Crippen molar-refractivity contribution in [2.75, 3.05) is 13.6 Å². The Morgan fingerprint density at radius 3 is 2.50 bits per heavy atom. The highest BCUT2D eigenvalue weighted by Crippen LogP contribution is 2.39. The molecule has 1 fully saturated rings. The normalized spacial score (nSPS) is 15.9. The molecular weight excluding hydrogens is 306 g/mol. The Bertz CT molecular complexity index is 545. The van der Waals surface area contributed by atoms with E-state index in [0.717, 1.165) is 25.7 Å². The fourth-order valence-electron chi connectivity index (χ4n) is 3.11. The maximum atomic E-state index is 12.7. The van der Waals surface area contributed by atoms with Gasteiger partial charge in [0.25, 0.3) is 5.69 Å². The van der Waals surface area contributed by atoms with Crippen LogP contribution in [0.5, 0.6) is 0 Å². The molecule has 122 valence electrons. The van der Waals surface area contributed by atoms with Gasteiger partial charge in [-0.1, -0.05) is 31.0 Å². The lowest BCUT2D eigenvalue weighted by molar-refractivity contribution is -0.385. The summed E-state index contributed by atoms with van der Waals surface area (Å²) in [5.74, 6) is 0.000603. The van der Waals surface area contributed by atoms with Gasteiger partial charge in [-0.15, -0.1) is 12.4 Å². The van der Waals surface area contributed by atoms with Gasteiger partial charge in [0.05, 0.1) is 16.9 Å². The van der Waals surface area contributed by atoms with Crippen molar-refractivity contribution in [3.63, 3.8) is 0 Å². The van der Waals surface area contributed by atoms with E-state index in [1.807, 2.05) is 0 Å². The van der Waals surface area contributed by atoms with Crippen LogP contribution in [-0.4, -0.2) is 29.3 Å². The number of rotatable bonds is 5. The molecule has 1 aliphatic carbocycles. The molecule has 0 unspecified atom stereocenters. The van der Waals surface area contributed by atoms with E-state index in [1.165, 1.54) is 6.07 Å². The summed E-state index contributed by atoms with van der Waals surface area (Å²) in [6.45, 7) is 0.574. The monoisotopic (exact) mass is 327 g/mol. The summed E-state index contributed by atoms with van der Waals surface area (Å²) in [6, 6.07) is 6.52. The van der Waals surface area contributed by atoms with Crippen LogP contribution in [0.1, 0.15) is 31.2 Å². The van der Waals surface area contributed by atoms with Crippen molar-refractivity contribution < 1.29 is 9.72 Å². The zero-order valence-electron chi connectivity index (χ0n) is 12.7. The summed E-state index contributed by atoms with van der Waals surface area (Å²) in [5.41, 5.74) is 5.94. The van der Waals surface area contributed by atoms with Crippen molar-refractivity contribution in [3.8, 4) is 0 Å². The fraction of sp³-hybridized carbons (Fsp3) is 0.533. The summed E-state index contributed by atoms with van der Waals surface area (Å²) in [6.07, 6.45) is 3.65. The molecule has 2 N–H and O–H groups in total. The fourth-order valence-corrected chi connectivity index (χ4v) is 3.11. The number of hydrogen-bond donors (Lipinski definition) is 1. The average Bonchev–Trinajstić information content (AvgIpc) is 2.96. The molecule has 7 heteroatoms. The van der Waals surface area contributed by atoms with Crippen molar-refractivity contribution in [3.05, 3.63) is 39.9 Å². The largest absolute Gasteiger partial charge is 0.341 e. The molecule has 1 aromatic carbocycles. The first-order valence-corrected chi connectivity index (χ1v) is 7.18. The van der Waals surface area contributed by atoms with Crippen molar-refractivity contribution in [1.82, 2.24) is 4.90 Å². The van der Waals surface area contributed by atoms with Gasteiger partial charge in [-0.2, -0.15) is 0 Å². The molecule has 22 heavy (non-hydrogen) atoms. The second-order valence-corrected chi connectivity index (χ2v) is 5.74. The van der Waals surface area contributed by atoms with E-state index in [2.05, 4.69) is 0 Å². The Hall–Kier alpha value is -1.66. The number of para-hydroxylation sites is 1. The van der Waals surface area contributed by atoms with Crippen molar-refractivity contribution >= 4 is 24.0 Å². The second-order valence-electron chi connectivity index (χ2n) is 5.74. The van der Waals surface area contributed by atoms with Gasteiger partial charge >= 0.3 is 0 Å². The van der Waals surface area contributed by atoms with E-state index >= 15 is 0 Å². The summed E-state index contributed by atoms with van der Waals surface area (Å²) >= 11 is 0. The predicted molar refractivity (Wildman–Crippen MR) is 86.8 cm³/mol. The van der Waals surface area contributed by atoms with Crippen LogP contribution in [0.15, 0.2) is 24.3 Å². The van der Waals surface area contributed by atoms with E-state index in [4.69, 9.17) is 5.73 Å². The molecular formula is C15H22ClN3O3. The number of halogens is 1. The lowest BCUT2D eigenvalue weighted by Crippen LogP contribution is -2.44. The Morgan fingerprint density at radius 2 is 1.95 bits per heavy atom. The first-order chi connectivity index (χ1) is 10.00. The zero-order chi connectivity index (χ0) is 15.5. The standard InChI is InChI=1S/C15H21N3O3.ClH/c1-17(14(19)15(11-16)8-4-5-9-15)10-12-6-2-3-7-13(12)18(20)21;/h2-3,6-7H,4-5,8-11,16H2,1H3;1H. The first kappa shape index (κ1) is 18.4. The highest BCUT2D eigenvalue weighted by molar-refractivity contribution is 5.85. The molecule has 0 heterocycles. The Labute approximate surface area is 136 Å². The van der Waals surface area contributed by atoms with Crippen LogP contribution in [0.2, 0.25) is 0 Å². The molecule has 1 saturated carbocycles. The van der Waals surface area contributed by atoms with Gasteiger partial charge in [-0.3, -0.25) is 14.9 Å². The van der Waals surface area contributed by atoms with Crippen molar-refractivity contribution in [1.29, 1.82) is 0 Å². The van der Waals surface area contributed by atoms with E-state index in [1.54, 1.807) is 30.1 Å². The van der Waals surface area contributed by atoms with Gasteiger partial charge in [0.15, 0.2) is 0 Å². The number of hydrogen-bond acceptors (Lipinski definition) is 4. The minimum atomic E-state index is -0.474. The van der Waals surface area contributed by atoms with Crippen molar-refractivity contribution in [2.45, 2.75) is 32.2 Å². The quantitative estimate of drug-likeness (QED) is 0.664. The minimum absolute atomic E-state index is 0. The molecule has 0 radical (unpaired) electrons. The Kier molecular flexibility index (Phi) is 6.32. The maximum Gasteiger partial charge on any atom is 0.274 e. The molecule has 1 aliphatic rings. The lowest BCUT2D eigenvalue weighted by atomic mass is 9.84. The molecule has 0 spiro atoms. The SMILES string of the molecule is CN(Cc1ccccc1[N+](=O)[O-])C(=O)C1(CN)CCCC1.Cl. The first-order valence-electron chi connectivity index (χ1n) is 7.18. The van der Waals surface area contributed by atoms with E-state index in [-0.39, 0.29) is 30.5 Å². The number of nitrogens with zero attached hydrogens (tertiary/aromatic N) is 2. The molecule has 0 aromatic heterocycles. The van der Waals surface area contributed by atoms with Gasteiger partial charge < -0.3 is 10.6 Å². The topological polar surface area (TPSA) is 89.5 Å². The summed E-state index contributed by atoms with van der Waals surface area (Å²) in [5, 5.41) is 11.0. The van der Waals surface area contributed by atoms with E-state index < -0.39 is 10.3 Å². The zero-order valence-corrected chi connectivity index (χ0v) is 13.5. The van der Waals surface area contributed by atoms with Crippen LogP contribution < -0.4 is 5.73 Å². The van der Waals surface area contributed by atoms with Crippen LogP contribution >= 0.6 is 12.4 Å². The molecule has 0 atom stereocenters.